The standard InChI is InChI=1S/C18H13FN4/c1-11-2-7-16(22-10-11)17-8-14(15(9-20)18(21)23-17)12-3-5-13(19)6-4-12/h2-8,10H,1H3,(H2,21,23). The van der Waals surface area contributed by atoms with Gasteiger partial charge in [0.25, 0.3) is 0 Å². The molecule has 0 unspecified atom stereocenters. The van der Waals surface area contributed by atoms with Gasteiger partial charge in [-0.3, -0.25) is 4.98 Å². The second kappa shape index (κ2) is 5.85. The first-order chi connectivity index (χ1) is 11.1. The van der Waals surface area contributed by atoms with Crippen molar-refractivity contribution in [1.82, 2.24) is 9.97 Å². The normalized spacial score (nSPS) is 10.3. The minimum Gasteiger partial charge on any atom is -0.383 e. The summed E-state index contributed by atoms with van der Waals surface area (Å²) >= 11 is 0. The molecule has 5 heteroatoms. The fourth-order valence-electron chi connectivity index (χ4n) is 2.29. The molecule has 112 valence electrons. The van der Waals surface area contributed by atoms with Crippen LogP contribution >= 0.6 is 0 Å². The topological polar surface area (TPSA) is 75.6 Å². The number of benzene rings is 1. The van der Waals surface area contributed by atoms with Crippen molar-refractivity contribution in [2.75, 3.05) is 5.73 Å². The molecule has 1 aromatic carbocycles. The van der Waals surface area contributed by atoms with E-state index in [1.165, 1.54) is 12.1 Å². The molecule has 2 aromatic heterocycles. The molecule has 3 aromatic rings. The van der Waals surface area contributed by atoms with E-state index in [9.17, 15) is 9.65 Å². The zero-order chi connectivity index (χ0) is 16.4. The van der Waals surface area contributed by atoms with Crippen molar-refractivity contribution in [1.29, 1.82) is 5.26 Å². The van der Waals surface area contributed by atoms with Crippen LogP contribution in [0.5, 0.6) is 0 Å². The Kier molecular flexibility index (Phi) is 3.73. The van der Waals surface area contributed by atoms with Crippen LogP contribution in [-0.2, 0) is 0 Å². The van der Waals surface area contributed by atoms with Crippen LogP contribution in [0.3, 0.4) is 0 Å². The van der Waals surface area contributed by atoms with E-state index in [2.05, 4.69) is 16.0 Å². The van der Waals surface area contributed by atoms with Crippen LogP contribution in [0.25, 0.3) is 22.5 Å². The first-order valence-electron chi connectivity index (χ1n) is 6.98. The predicted octanol–water partition coefficient (Wildman–Crippen LogP) is 3.71. The largest absolute Gasteiger partial charge is 0.383 e. The van der Waals surface area contributed by atoms with Gasteiger partial charge in [0.05, 0.1) is 11.4 Å². The van der Waals surface area contributed by atoms with Gasteiger partial charge in [0.15, 0.2) is 0 Å². The van der Waals surface area contributed by atoms with Crippen molar-refractivity contribution in [2.24, 2.45) is 0 Å². The Morgan fingerprint density at radius 2 is 1.83 bits per heavy atom. The van der Waals surface area contributed by atoms with Gasteiger partial charge >= 0.3 is 0 Å². The number of nitrogens with zero attached hydrogens (tertiary/aromatic N) is 3. The molecule has 0 aliphatic heterocycles. The van der Waals surface area contributed by atoms with Crippen molar-refractivity contribution in [3.63, 3.8) is 0 Å². The van der Waals surface area contributed by atoms with Gasteiger partial charge < -0.3 is 5.73 Å². The molecular formula is C18H13FN4. The summed E-state index contributed by atoms with van der Waals surface area (Å²) < 4.78 is 13.1. The average molecular weight is 304 g/mol. The van der Waals surface area contributed by atoms with Gasteiger partial charge in [-0.05, 0) is 42.3 Å². The number of nitrogen functional groups attached to an aromatic ring is 1. The van der Waals surface area contributed by atoms with E-state index in [1.54, 1.807) is 24.4 Å². The van der Waals surface area contributed by atoms with Gasteiger partial charge in [-0.1, -0.05) is 18.2 Å². The SMILES string of the molecule is Cc1ccc(-c2cc(-c3ccc(F)cc3)c(C#N)c(N)n2)nc1. The van der Waals surface area contributed by atoms with Crippen molar-refractivity contribution in [3.8, 4) is 28.6 Å². The molecule has 3 rings (SSSR count). The van der Waals surface area contributed by atoms with Crippen molar-refractivity contribution < 1.29 is 4.39 Å². The first kappa shape index (κ1) is 14.7. The number of hydrogen-bond donors (Lipinski definition) is 1. The van der Waals surface area contributed by atoms with Crippen molar-refractivity contribution in [3.05, 3.63) is 65.6 Å². The van der Waals surface area contributed by atoms with E-state index in [0.717, 1.165) is 5.56 Å². The number of nitriles is 1. The molecule has 2 heterocycles. The summed E-state index contributed by atoms with van der Waals surface area (Å²) in [5, 5.41) is 9.35. The second-order valence-corrected chi connectivity index (χ2v) is 5.15. The van der Waals surface area contributed by atoms with E-state index < -0.39 is 0 Å². The summed E-state index contributed by atoms with van der Waals surface area (Å²) in [6, 6.07) is 13.5. The summed E-state index contributed by atoms with van der Waals surface area (Å²) in [5.41, 5.74) is 9.78. The van der Waals surface area contributed by atoms with E-state index in [-0.39, 0.29) is 17.2 Å². The minimum atomic E-state index is -0.338. The van der Waals surface area contributed by atoms with Crippen molar-refractivity contribution >= 4 is 5.82 Å². The molecule has 0 radical (unpaired) electrons. The summed E-state index contributed by atoms with van der Waals surface area (Å²) in [5.74, 6) is -0.207. The monoisotopic (exact) mass is 304 g/mol. The van der Waals surface area contributed by atoms with Crippen LogP contribution in [0.15, 0.2) is 48.7 Å². The first-order valence-corrected chi connectivity index (χ1v) is 6.98. The Bertz CT molecular complexity index is 894. The van der Waals surface area contributed by atoms with Crippen LogP contribution < -0.4 is 5.73 Å². The Morgan fingerprint density at radius 3 is 2.43 bits per heavy atom. The number of rotatable bonds is 2. The summed E-state index contributed by atoms with van der Waals surface area (Å²) in [6.45, 7) is 1.95. The summed E-state index contributed by atoms with van der Waals surface area (Å²) in [7, 11) is 0. The minimum absolute atomic E-state index is 0.131. The highest BCUT2D eigenvalue weighted by molar-refractivity contribution is 5.79. The number of halogens is 1. The van der Waals surface area contributed by atoms with Crippen LogP contribution in [0.1, 0.15) is 11.1 Å². The number of pyridine rings is 2. The molecular weight excluding hydrogens is 291 g/mol. The van der Waals surface area contributed by atoms with Gasteiger partial charge in [-0.2, -0.15) is 5.26 Å². The van der Waals surface area contributed by atoms with Crippen LogP contribution in [-0.4, -0.2) is 9.97 Å². The van der Waals surface area contributed by atoms with E-state index in [4.69, 9.17) is 5.73 Å². The average Bonchev–Trinajstić information content (AvgIpc) is 2.55. The fraction of sp³-hybridized carbons (Fsp3) is 0.0556. The lowest BCUT2D eigenvalue weighted by Gasteiger charge is -2.10. The highest BCUT2D eigenvalue weighted by atomic mass is 19.1. The number of aromatic nitrogens is 2. The maximum absolute atomic E-state index is 13.1. The third-order valence-electron chi connectivity index (χ3n) is 3.49. The molecule has 0 fully saturated rings. The Balaban J connectivity index is 2.20. The van der Waals surface area contributed by atoms with Crippen molar-refractivity contribution in [2.45, 2.75) is 6.92 Å². The zero-order valence-corrected chi connectivity index (χ0v) is 12.4. The molecule has 0 aliphatic carbocycles. The second-order valence-electron chi connectivity index (χ2n) is 5.15. The molecule has 0 atom stereocenters. The van der Waals surface area contributed by atoms with E-state index in [1.807, 2.05) is 19.1 Å². The lowest BCUT2D eigenvalue weighted by molar-refractivity contribution is 0.628. The molecule has 23 heavy (non-hydrogen) atoms. The highest BCUT2D eigenvalue weighted by Crippen LogP contribution is 2.30. The third-order valence-corrected chi connectivity index (χ3v) is 3.49. The maximum atomic E-state index is 13.1. The lowest BCUT2D eigenvalue weighted by atomic mass is 9.99. The number of hydrogen-bond acceptors (Lipinski definition) is 4. The van der Waals surface area contributed by atoms with Crippen LogP contribution in [0, 0.1) is 24.1 Å². The van der Waals surface area contributed by atoms with Crippen LogP contribution in [0.4, 0.5) is 10.2 Å². The molecule has 4 nitrogen and oxygen atoms in total. The predicted molar refractivity (Wildman–Crippen MR) is 86.7 cm³/mol. The Hall–Kier alpha value is -3.26. The quantitative estimate of drug-likeness (QED) is 0.783. The fourth-order valence-corrected chi connectivity index (χ4v) is 2.29. The van der Waals surface area contributed by atoms with E-state index in [0.29, 0.717) is 22.5 Å². The molecule has 0 amide bonds. The molecule has 0 saturated carbocycles. The lowest BCUT2D eigenvalue weighted by Crippen LogP contribution is -2.00. The zero-order valence-electron chi connectivity index (χ0n) is 12.4. The number of nitrogens with two attached hydrogens (primary N) is 1. The van der Waals surface area contributed by atoms with Gasteiger partial charge in [-0.25, -0.2) is 9.37 Å². The third kappa shape index (κ3) is 2.87. The summed E-state index contributed by atoms with van der Waals surface area (Å²) in [6.07, 6.45) is 1.74. The molecule has 0 bridgehead atoms. The molecule has 0 aliphatic rings. The summed E-state index contributed by atoms with van der Waals surface area (Å²) in [4.78, 5) is 8.60. The number of anilines is 1. The Labute approximate surface area is 133 Å². The van der Waals surface area contributed by atoms with Gasteiger partial charge in [0.2, 0.25) is 0 Å². The Morgan fingerprint density at radius 1 is 1.09 bits per heavy atom. The highest BCUT2D eigenvalue weighted by Gasteiger charge is 2.14. The molecule has 0 saturated heterocycles. The maximum Gasteiger partial charge on any atom is 0.142 e. The molecule has 2 N–H and O–H groups in total. The van der Waals surface area contributed by atoms with Crippen LogP contribution in [0.2, 0.25) is 0 Å². The smallest absolute Gasteiger partial charge is 0.142 e. The number of aryl methyl sites for hydroxylation is 1. The van der Waals surface area contributed by atoms with Gasteiger partial charge in [0.1, 0.15) is 23.3 Å². The molecule has 0 spiro atoms. The van der Waals surface area contributed by atoms with Gasteiger partial charge in [-0.15, -0.1) is 0 Å². The van der Waals surface area contributed by atoms with E-state index >= 15 is 0 Å². The van der Waals surface area contributed by atoms with Gasteiger partial charge in [0, 0.05) is 11.8 Å².